The molecule has 0 bridgehead atoms. The summed E-state index contributed by atoms with van der Waals surface area (Å²) in [6.45, 7) is 0.571. The summed E-state index contributed by atoms with van der Waals surface area (Å²) in [6.07, 6.45) is 1.15. The molecule has 3 aromatic rings. The lowest BCUT2D eigenvalue weighted by Crippen LogP contribution is -2.56. The van der Waals surface area contributed by atoms with E-state index in [1.165, 1.54) is 15.3 Å². The first kappa shape index (κ1) is 25.8. The molecule has 1 saturated heterocycles. The normalized spacial score (nSPS) is 15.9. The maximum Gasteiger partial charge on any atom is 0.241 e. The van der Waals surface area contributed by atoms with Gasteiger partial charge in [0.25, 0.3) is 0 Å². The molecular weight excluding hydrogens is 500 g/mol. The fourth-order valence-corrected chi connectivity index (χ4v) is 6.57. The average molecular weight is 527 g/mol. The molecular formula is C25H26N4O5S2. The highest BCUT2D eigenvalue weighted by atomic mass is 32.2. The van der Waals surface area contributed by atoms with E-state index in [0.29, 0.717) is 16.5 Å². The van der Waals surface area contributed by atoms with Crippen LogP contribution in [0, 0.1) is 11.3 Å². The van der Waals surface area contributed by atoms with Gasteiger partial charge in [-0.2, -0.15) is 14.3 Å². The Bertz CT molecular complexity index is 1530. The first-order chi connectivity index (χ1) is 17.1. The molecule has 9 nitrogen and oxygen atoms in total. The average Bonchev–Trinajstić information content (AvgIpc) is 2.87. The van der Waals surface area contributed by atoms with Crippen molar-refractivity contribution in [2.75, 3.05) is 32.4 Å². The number of benzene rings is 3. The van der Waals surface area contributed by atoms with Crippen LogP contribution >= 0.6 is 0 Å². The molecule has 1 aliphatic rings. The highest BCUT2D eigenvalue weighted by Crippen LogP contribution is 2.23. The Hall–Kier alpha value is -3.30. The first-order valence-electron chi connectivity index (χ1n) is 11.3. The van der Waals surface area contributed by atoms with Crippen LogP contribution in [0.15, 0.2) is 71.6 Å². The van der Waals surface area contributed by atoms with Crippen LogP contribution in [0.1, 0.15) is 11.1 Å². The Balaban J connectivity index is 1.65. The van der Waals surface area contributed by atoms with Crippen molar-refractivity contribution in [2.45, 2.75) is 17.4 Å². The predicted molar refractivity (Wildman–Crippen MR) is 136 cm³/mol. The number of carbonyl (C=O) groups is 1. The van der Waals surface area contributed by atoms with E-state index in [-0.39, 0.29) is 37.5 Å². The highest BCUT2D eigenvalue weighted by molar-refractivity contribution is 7.89. The molecule has 1 aliphatic heterocycles. The lowest BCUT2D eigenvalue weighted by atomic mass is 10.0. The van der Waals surface area contributed by atoms with Crippen LogP contribution in [0.2, 0.25) is 0 Å². The quantitative estimate of drug-likeness (QED) is 0.499. The fourth-order valence-electron chi connectivity index (χ4n) is 4.32. The molecule has 0 aliphatic carbocycles. The van der Waals surface area contributed by atoms with E-state index in [9.17, 15) is 26.9 Å². The molecule has 1 N–H and O–H groups in total. The third-order valence-electron chi connectivity index (χ3n) is 6.15. The van der Waals surface area contributed by atoms with Crippen molar-refractivity contribution < 1.29 is 21.6 Å². The van der Waals surface area contributed by atoms with Crippen molar-refractivity contribution in [3.8, 4) is 6.07 Å². The van der Waals surface area contributed by atoms with Crippen molar-refractivity contribution in [1.29, 1.82) is 5.26 Å². The Morgan fingerprint density at radius 2 is 1.64 bits per heavy atom. The Morgan fingerprint density at radius 1 is 0.972 bits per heavy atom. The van der Waals surface area contributed by atoms with Gasteiger partial charge in [0.2, 0.25) is 26.0 Å². The number of amides is 1. The standard InChI is InChI=1S/C25H26N4O5S2/c1-35(31,32)29-14-12-28(13-15-29)25(30)23(17-19-6-4-7-20(16-19)18-26)27-36(33,34)24-11-5-9-21-8-2-3-10-22(21)24/h2-11,16,23,27H,12-15,17H2,1H3. The zero-order chi connectivity index (χ0) is 25.9. The van der Waals surface area contributed by atoms with Crippen LogP contribution in [0.25, 0.3) is 10.8 Å². The Morgan fingerprint density at radius 3 is 2.33 bits per heavy atom. The van der Waals surface area contributed by atoms with Crippen molar-refractivity contribution in [3.05, 3.63) is 77.9 Å². The summed E-state index contributed by atoms with van der Waals surface area (Å²) in [6, 6.07) is 19.6. The molecule has 0 aromatic heterocycles. The van der Waals surface area contributed by atoms with Crippen molar-refractivity contribution in [3.63, 3.8) is 0 Å². The smallest absolute Gasteiger partial charge is 0.241 e. The van der Waals surface area contributed by atoms with E-state index < -0.39 is 32.0 Å². The van der Waals surface area contributed by atoms with Crippen LogP contribution < -0.4 is 4.72 Å². The van der Waals surface area contributed by atoms with Gasteiger partial charge in [0.05, 0.1) is 22.8 Å². The van der Waals surface area contributed by atoms with E-state index in [0.717, 1.165) is 11.6 Å². The minimum atomic E-state index is -4.11. The number of sulfonamides is 2. The molecule has 4 rings (SSSR count). The maximum atomic E-state index is 13.6. The van der Waals surface area contributed by atoms with E-state index in [1.54, 1.807) is 42.5 Å². The largest absolute Gasteiger partial charge is 0.339 e. The van der Waals surface area contributed by atoms with Crippen molar-refractivity contribution >= 4 is 36.7 Å². The van der Waals surface area contributed by atoms with Crippen LogP contribution in [-0.2, 0) is 31.3 Å². The van der Waals surface area contributed by atoms with E-state index >= 15 is 0 Å². The number of rotatable bonds is 7. The third-order valence-corrected chi connectivity index (χ3v) is 8.98. The third kappa shape index (κ3) is 5.74. The lowest BCUT2D eigenvalue weighted by molar-refractivity contribution is -0.134. The molecule has 0 spiro atoms. The minimum Gasteiger partial charge on any atom is -0.339 e. The number of hydrogen-bond donors (Lipinski definition) is 1. The fraction of sp³-hybridized carbons (Fsp3) is 0.280. The van der Waals surface area contributed by atoms with Crippen LogP contribution in [0.3, 0.4) is 0 Å². The van der Waals surface area contributed by atoms with Crippen molar-refractivity contribution in [2.24, 2.45) is 0 Å². The Kier molecular flexibility index (Phi) is 7.42. The molecule has 3 aromatic carbocycles. The SMILES string of the molecule is CS(=O)(=O)N1CCN(C(=O)C(Cc2cccc(C#N)c2)NS(=O)(=O)c2cccc3ccccc23)CC1. The molecule has 188 valence electrons. The van der Waals surface area contributed by atoms with Crippen LogP contribution in [-0.4, -0.2) is 70.4 Å². The number of hydrogen-bond acceptors (Lipinski definition) is 6. The molecule has 1 fully saturated rings. The van der Waals surface area contributed by atoms with Gasteiger partial charge in [0.15, 0.2) is 0 Å². The summed E-state index contributed by atoms with van der Waals surface area (Å²) in [5.74, 6) is -0.450. The molecule has 1 heterocycles. The predicted octanol–water partition coefficient (Wildman–Crippen LogP) is 1.70. The van der Waals surface area contributed by atoms with Gasteiger partial charge >= 0.3 is 0 Å². The molecule has 0 saturated carbocycles. The Labute approximate surface area is 211 Å². The number of carbonyl (C=O) groups excluding carboxylic acids is 1. The van der Waals surface area contributed by atoms with E-state index in [2.05, 4.69) is 4.72 Å². The second-order valence-corrected chi connectivity index (χ2v) is 12.3. The van der Waals surface area contributed by atoms with Gasteiger partial charge < -0.3 is 4.90 Å². The van der Waals surface area contributed by atoms with E-state index in [1.807, 2.05) is 24.3 Å². The summed E-state index contributed by atoms with van der Waals surface area (Å²) in [4.78, 5) is 15.1. The van der Waals surface area contributed by atoms with Gasteiger partial charge in [-0.15, -0.1) is 0 Å². The van der Waals surface area contributed by atoms with Gasteiger partial charge in [-0.3, -0.25) is 4.79 Å². The van der Waals surface area contributed by atoms with E-state index in [4.69, 9.17) is 0 Å². The summed E-state index contributed by atoms with van der Waals surface area (Å²) >= 11 is 0. The highest BCUT2D eigenvalue weighted by Gasteiger charge is 2.33. The van der Waals surface area contributed by atoms with Crippen molar-refractivity contribution in [1.82, 2.24) is 13.9 Å². The summed E-state index contributed by atoms with van der Waals surface area (Å²) in [5.41, 5.74) is 1.03. The number of nitriles is 1. The second kappa shape index (κ2) is 10.4. The number of nitrogens with zero attached hydrogens (tertiary/aromatic N) is 3. The molecule has 0 radical (unpaired) electrons. The zero-order valence-corrected chi connectivity index (χ0v) is 21.3. The van der Waals surface area contributed by atoms with Gasteiger partial charge in [-0.25, -0.2) is 16.8 Å². The van der Waals surface area contributed by atoms with Gasteiger partial charge in [0.1, 0.15) is 6.04 Å². The lowest BCUT2D eigenvalue weighted by Gasteiger charge is -2.35. The topological polar surface area (TPSA) is 128 Å². The van der Waals surface area contributed by atoms with Crippen LogP contribution in [0.5, 0.6) is 0 Å². The number of fused-ring (bicyclic) bond motifs is 1. The molecule has 1 amide bonds. The monoisotopic (exact) mass is 526 g/mol. The molecule has 11 heteroatoms. The maximum absolute atomic E-state index is 13.6. The molecule has 36 heavy (non-hydrogen) atoms. The summed E-state index contributed by atoms with van der Waals surface area (Å²) in [5, 5.41) is 10.5. The van der Waals surface area contributed by atoms with Crippen LogP contribution in [0.4, 0.5) is 0 Å². The molecule has 1 atom stereocenters. The summed E-state index contributed by atoms with van der Waals surface area (Å²) in [7, 11) is -7.49. The number of nitrogens with one attached hydrogen (secondary N) is 1. The van der Waals surface area contributed by atoms with Gasteiger partial charge in [-0.05, 0) is 35.6 Å². The second-order valence-electron chi connectivity index (χ2n) is 8.65. The molecule has 1 unspecified atom stereocenters. The van der Waals surface area contributed by atoms with Gasteiger partial charge in [-0.1, -0.05) is 48.5 Å². The summed E-state index contributed by atoms with van der Waals surface area (Å²) < 4.78 is 54.6. The minimum absolute atomic E-state index is 0.0324. The first-order valence-corrected chi connectivity index (χ1v) is 14.6. The van der Waals surface area contributed by atoms with Gasteiger partial charge in [0, 0.05) is 31.6 Å². The zero-order valence-electron chi connectivity index (χ0n) is 19.7. The number of piperazine rings is 1.